The van der Waals surface area contributed by atoms with Crippen LogP contribution >= 0.6 is 0 Å². The van der Waals surface area contributed by atoms with E-state index in [9.17, 15) is 19.7 Å². The van der Waals surface area contributed by atoms with Crippen molar-refractivity contribution in [3.05, 3.63) is 33.9 Å². The predicted octanol–water partition coefficient (Wildman–Crippen LogP) is 2.63. The van der Waals surface area contributed by atoms with Crippen LogP contribution in [0.25, 0.3) is 0 Å². The first-order valence-electron chi connectivity index (χ1n) is 8.44. The first-order chi connectivity index (χ1) is 12.0. The molecule has 1 aromatic carbocycles. The van der Waals surface area contributed by atoms with Gasteiger partial charge in [-0.05, 0) is 25.0 Å². The lowest BCUT2D eigenvalue weighted by Crippen LogP contribution is -2.37. The van der Waals surface area contributed by atoms with Gasteiger partial charge in [-0.3, -0.25) is 14.9 Å². The van der Waals surface area contributed by atoms with E-state index >= 15 is 0 Å². The zero-order valence-electron chi connectivity index (χ0n) is 14.2. The monoisotopic (exact) mass is 349 g/mol. The maximum atomic E-state index is 12.0. The lowest BCUT2D eigenvalue weighted by Gasteiger charge is -2.16. The minimum Gasteiger partial charge on any atom is -0.452 e. The smallest absolute Gasteiger partial charge is 0.338 e. The quantitative estimate of drug-likeness (QED) is 0.353. The number of hydrogen-bond acceptors (Lipinski definition) is 6. The van der Waals surface area contributed by atoms with Gasteiger partial charge in [0.15, 0.2) is 6.61 Å². The number of anilines is 1. The summed E-state index contributed by atoms with van der Waals surface area (Å²) in [7, 11) is 1.55. The van der Waals surface area contributed by atoms with E-state index in [0.717, 1.165) is 31.7 Å². The third-order valence-corrected chi connectivity index (χ3v) is 4.25. The first-order valence-corrected chi connectivity index (χ1v) is 8.44. The lowest BCUT2D eigenvalue weighted by atomic mass is 10.1. The molecule has 0 spiro atoms. The van der Waals surface area contributed by atoms with E-state index in [2.05, 4.69) is 10.6 Å². The minimum absolute atomic E-state index is 0.0352. The molecule has 1 aliphatic carbocycles. The number of ether oxygens (including phenoxy) is 1. The molecule has 0 radical (unpaired) electrons. The summed E-state index contributed by atoms with van der Waals surface area (Å²) in [5, 5.41) is 16.6. The van der Waals surface area contributed by atoms with Gasteiger partial charge in [-0.25, -0.2) is 4.79 Å². The number of carbonyl (C=O) groups excluding carboxylic acids is 2. The van der Waals surface area contributed by atoms with Crippen LogP contribution in [0.5, 0.6) is 0 Å². The number of rotatable bonds is 6. The fourth-order valence-electron chi connectivity index (χ4n) is 2.93. The molecule has 2 rings (SSSR count). The van der Waals surface area contributed by atoms with Crippen LogP contribution in [0.4, 0.5) is 11.4 Å². The average Bonchev–Trinajstić information content (AvgIpc) is 2.87. The second kappa shape index (κ2) is 9.00. The maximum Gasteiger partial charge on any atom is 0.338 e. The number of benzene rings is 1. The fourth-order valence-corrected chi connectivity index (χ4v) is 2.93. The normalized spacial score (nSPS) is 15.1. The van der Waals surface area contributed by atoms with Crippen molar-refractivity contribution in [3.8, 4) is 0 Å². The molecule has 1 fully saturated rings. The Bertz CT molecular complexity index is 639. The van der Waals surface area contributed by atoms with E-state index in [1.165, 1.54) is 25.0 Å². The number of amides is 1. The van der Waals surface area contributed by atoms with Crippen molar-refractivity contribution in [2.75, 3.05) is 19.0 Å². The molecule has 0 bridgehead atoms. The van der Waals surface area contributed by atoms with E-state index in [1.54, 1.807) is 7.05 Å². The number of nitro benzene ring substituents is 1. The van der Waals surface area contributed by atoms with Crippen LogP contribution < -0.4 is 10.6 Å². The molecule has 0 saturated heterocycles. The van der Waals surface area contributed by atoms with Crippen LogP contribution in [0.3, 0.4) is 0 Å². The summed E-state index contributed by atoms with van der Waals surface area (Å²) in [6.45, 7) is -0.392. The van der Waals surface area contributed by atoms with E-state index in [0.29, 0.717) is 5.69 Å². The number of carbonyl (C=O) groups is 2. The van der Waals surface area contributed by atoms with Gasteiger partial charge in [0.2, 0.25) is 0 Å². The van der Waals surface area contributed by atoms with Gasteiger partial charge >= 0.3 is 5.97 Å². The van der Waals surface area contributed by atoms with Crippen molar-refractivity contribution in [2.24, 2.45) is 0 Å². The highest BCUT2D eigenvalue weighted by Gasteiger charge is 2.19. The SMILES string of the molecule is CNc1ccc(C(=O)OCC(=O)NC2CCCCCC2)cc1[N+](=O)[O-]. The number of nitrogens with one attached hydrogen (secondary N) is 2. The Morgan fingerprint density at radius 2 is 1.92 bits per heavy atom. The maximum absolute atomic E-state index is 12.0. The highest BCUT2D eigenvalue weighted by molar-refractivity contribution is 5.93. The highest BCUT2D eigenvalue weighted by Crippen LogP contribution is 2.25. The van der Waals surface area contributed by atoms with Gasteiger partial charge < -0.3 is 15.4 Å². The zero-order chi connectivity index (χ0) is 18.2. The van der Waals surface area contributed by atoms with Crippen molar-refractivity contribution >= 4 is 23.3 Å². The van der Waals surface area contributed by atoms with Crippen LogP contribution in [0.1, 0.15) is 48.9 Å². The Labute approximate surface area is 146 Å². The van der Waals surface area contributed by atoms with Crippen molar-refractivity contribution < 1.29 is 19.2 Å². The Kier molecular flexibility index (Phi) is 6.73. The van der Waals surface area contributed by atoms with Gasteiger partial charge in [-0.2, -0.15) is 0 Å². The topological polar surface area (TPSA) is 111 Å². The van der Waals surface area contributed by atoms with Crippen LogP contribution in [0, 0.1) is 10.1 Å². The van der Waals surface area contributed by atoms with Crippen molar-refractivity contribution in [1.29, 1.82) is 0 Å². The standard InChI is InChI=1S/C17H23N3O5/c1-18-14-9-8-12(10-15(14)20(23)24)17(22)25-11-16(21)19-13-6-4-2-3-5-7-13/h8-10,13,18H,2-7,11H2,1H3,(H,19,21). The van der Waals surface area contributed by atoms with Gasteiger partial charge in [0.25, 0.3) is 11.6 Å². The van der Waals surface area contributed by atoms with E-state index in [4.69, 9.17) is 4.74 Å². The Hall–Kier alpha value is -2.64. The van der Waals surface area contributed by atoms with Gasteiger partial charge in [0.05, 0.1) is 10.5 Å². The minimum atomic E-state index is -0.762. The van der Waals surface area contributed by atoms with Crippen molar-refractivity contribution in [3.63, 3.8) is 0 Å². The average molecular weight is 349 g/mol. The van der Waals surface area contributed by atoms with Gasteiger partial charge in [-0.1, -0.05) is 25.7 Å². The molecule has 0 unspecified atom stereocenters. The molecule has 8 nitrogen and oxygen atoms in total. The van der Waals surface area contributed by atoms with E-state index in [-0.39, 0.29) is 23.2 Å². The summed E-state index contributed by atoms with van der Waals surface area (Å²) in [5.41, 5.74) is 0.112. The second-order valence-electron chi connectivity index (χ2n) is 6.07. The molecule has 1 amide bonds. The summed E-state index contributed by atoms with van der Waals surface area (Å²) in [6.07, 6.45) is 6.43. The summed E-state index contributed by atoms with van der Waals surface area (Å²) in [4.78, 5) is 34.4. The molecular formula is C17H23N3O5. The van der Waals surface area contributed by atoms with Crippen LogP contribution in [-0.2, 0) is 9.53 Å². The van der Waals surface area contributed by atoms with Crippen LogP contribution in [0.2, 0.25) is 0 Å². The van der Waals surface area contributed by atoms with Gasteiger partial charge in [-0.15, -0.1) is 0 Å². The first kappa shape index (κ1) is 18.7. The molecule has 1 aromatic rings. The number of hydrogen-bond donors (Lipinski definition) is 2. The molecule has 1 aliphatic rings. The molecule has 2 N–H and O–H groups in total. The van der Waals surface area contributed by atoms with Crippen LogP contribution in [0.15, 0.2) is 18.2 Å². The molecular weight excluding hydrogens is 326 g/mol. The number of nitrogens with zero attached hydrogens (tertiary/aromatic N) is 1. The molecule has 0 heterocycles. The summed E-state index contributed by atoms with van der Waals surface area (Å²) >= 11 is 0. The molecule has 0 aliphatic heterocycles. The highest BCUT2D eigenvalue weighted by atomic mass is 16.6. The van der Waals surface area contributed by atoms with Crippen LogP contribution in [-0.4, -0.2) is 36.5 Å². The molecule has 1 saturated carbocycles. The Morgan fingerprint density at radius 3 is 2.52 bits per heavy atom. The fraction of sp³-hybridized carbons (Fsp3) is 0.529. The Morgan fingerprint density at radius 1 is 1.24 bits per heavy atom. The third-order valence-electron chi connectivity index (χ3n) is 4.25. The van der Waals surface area contributed by atoms with Gasteiger partial charge in [0.1, 0.15) is 5.69 Å². The molecule has 0 atom stereocenters. The van der Waals surface area contributed by atoms with E-state index in [1.807, 2.05) is 0 Å². The molecule has 8 heteroatoms. The van der Waals surface area contributed by atoms with E-state index < -0.39 is 17.5 Å². The number of nitro groups is 1. The number of esters is 1. The Balaban J connectivity index is 1.90. The summed E-state index contributed by atoms with van der Waals surface area (Å²) in [5.74, 6) is -1.11. The lowest BCUT2D eigenvalue weighted by molar-refractivity contribution is -0.384. The van der Waals surface area contributed by atoms with Crippen molar-refractivity contribution in [1.82, 2.24) is 5.32 Å². The summed E-state index contributed by atoms with van der Waals surface area (Å²) < 4.78 is 4.98. The van der Waals surface area contributed by atoms with Gasteiger partial charge in [0, 0.05) is 19.2 Å². The van der Waals surface area contributed by atoms with Crippen molar-refractivity contribution in [2.45, 2.75) is 44.6 Å². The predicted molar refractivity (Wildman–Crippen MR) is 92.6 cm³/mol. The zero-order valence-corrected chi connectivity index (χ0v) is 14.2. The summed E-state index contributed by atoms with van der Waals surface area (Å²) in [6, 6.07) is 4.12. The molecule has 0 aromatic heterocycles. The largest absolute Gasteiger partial charge is 0.452 e. The third kappa shape index (κ3) is 5.44. The molecule has 136 valence electrons. The second-order valence-corrected chi connectivity index (χ2v) is 6.07. The molecule has 25 heavy (non-hydrogen) atoms.